The molecule has 0 amide bonds. The molecule has 0 N–H and O–H groups in total. The second-order valence-corrected chi connectivity index (χ2v) is 2.64. The van der Waals surface area contributed by atoms with Crippen molar-refractivity contribution in [3.8, 4) is 0 Å². The standard InChI is InChI=1S/C10H8N4/c1-2-4-9(5-3-1)13-14-10-6-7-11-12-8-10/h1-8H. The van der Waals surface area contributed by atoms with Crippen molar-refractivity contribution in [3.05, 3.63) is 48.8 Å². The first-order valence-corrected chi connectivity index (χ1v) is 4.18. The maximum atomic E-state index is 4.03. The molecule has 0 saturated heterocycles. The fraction of sp³-hybridized carbons (Fsp3) is 0. The Bertz CT molecular complexity index is 369. The predicted octanol–water partition coefficient (Wildman–Crippen LogP) is 2.89. The quantitative estimate of drug-likeness (QED) is 0.674. The third-order valence-electron chi connectivity index (χ3n) is 1.61. The van der Waals surface area contributed by atoms with Crippen LogP contribution in [0.5, 0.6) is 0 Å². The number of benzene rings is 1. The van der Waals surface area contributed by atoms with E-state index < -0.39 is 0 Å². The van der Waals surface area contributed by atoms with E-state index in [1.54, 1.807) is 18.5 Å². The van der Waals surface area contributed by atoms with E-state index in [-0.39, 0.29) is 0 Å². The third-order valence-corrected chi connectivity index (χ3v) is 1.61. The van der Waals surface area contributed by atoms with Crippen molar-refractivity contribution >= 4 is 11.4 Å². The fourth-order valence-electron chi connectivity index (χ4n) is 0.953. The van der Waals surface area contributed by atoms with Crippen molar-refractivity contribution in [3.63, 3.8) is 0 Å². The Morgan fingerprint density at radius 1 is 0.786 bits per heavy atom. The molecule has 2 aromatic rings. The topological polar surface area (TPSA) is 50.5 Å². The lowest BCUT2D eigenvalue weighted by atomic mass is 10.3. The van der Waals surface area contributed by atoms with Crippen LogP contribution in [0.4, 0.5) is 11.4 Å². The summed E-state index contributed by atoms with van der Waals surface area (Å²) in [6.07, 6.45) is 3.14. The SMILES string of the molecule is c1ccc(N=Nc2ccnnc2)cc1. The van der Waals surface area contributed by atoms with Crippen molar-refractivity contribution in [1.82, 2.24) is 10.2 Å². The molecule has 0 saturated carbocycles. The molecular weight excluding hydrogens is 176 g/mol. The van der Waals surface area contributed by atoms with E-state index in [1.165, 1.54) is 0 Å². The van der Waals surface area contributed by atoms with Crippen LogP contribution < -0.4 is 0 Å². The Morgan fingerprint density at radius 2 is 1.57 bits per heavy atom. The minimum atomic E-state index is 0.698. The molecule has 1 aromatic heterocycles. The molecule has 0 radical (unpaired) electrons. The van der Waals surface area contributed by atoms with Gasteiger partial charge in [-0.15, -0.1) is 5.11 Å². The van der Waals surface area contributed by atoms with Gasteiger partial charge in [0, 0.05) is 0 Å². The van der Waals surface area contributed by atoms with E-state index in [9.17, 15) is 0 Å². The van der Waals surface area contributed by atoms with E-state index in [4.69, 9.17) is 0 Å². The van der Waals surface area contributed by atoms with Crippen molar-refractivity contribution < 1.29 is 0 Å². The van der Waals surface area contributed by atoms with Gasteiger partial charge in [-0.1, -0.05) is 18.2 Å². The van der Waals surface area contributed by atoms with Gasteiger partial charge in [0.1, 0.15) is 5.69 Å². The van der Waals surface area contributed by atoms with Gasteiger partial charge < -0.3 is 0 Å². The van der Waals surface area contributed by atoms with Gasteiger partial charge in [-0.3, -0.25) is 0 Å². The highest BCUT2D eigenvalue weighted by atomic mass is 15.1. The molecule has 0 fully saturated rings. The zero-order valence-electron chi connectivity index (χ0n) is 7.41. The zero-order valence-corrected chi connectivity index (χ0v) is 7.41. The molecule has 4 nitrogen and oxygen atoms in total. The minimum Gasteiger partial charge on any atom is -0.159 e. The summed E-state index contributed by atoms with van der Waals surface area (Å²) in [6.45, 7) is 0. The fourth-order valence-corrected chi connectivity index (χ4v) is 0.953. The largest absolute Gasteiger partial charge is 0.159 e. The monoisotopic (exact) mass is 184 g/mol. The summed E-state index contributed by atoms with van der Waals surface area (Å²) in [5, 5.41) is 15.4. The molecule has 1 heterocycles. The van der Waals surface area contributed by atoms with Crippen LogP contribution in [0.2, 0.25) is 0 Å². The van der Waals surface area contributed by atoms with Crippen LogP contribution in [0.15, 0.2) is 59.0 Å². The maximum Gasteiger partial charge on any atom is 0.107 e. The van der Waals surface area contributed by atoms with Crippen molar-refractivity contribution in [1.29, 1.82) is 0 Å². The first-order valence-electron chi connectivity index (χ1n) is 4.18. The molecule has 0 bridgehead atoms. The minimum absolute atomic E-state index is 0.698. The summed E-state index contributed by atoms with van der Waals surface area (Å²) in [7, 11) is 0. The molecule has 0 spiro atoms. The summed E-state index contributed by atoms with van der Waals surface area (Å²) >= 11 is 0. The molecule has 0 atom stereocenters. The summed E-state index contributed by atoms with van der Waals surface area (Å²) in [5.74, 6) is 0. The van der Waals surface area contributed by atoms with Gasteiger partial charge in [-0.2, -0.15) is 15.3 Å². The highest BCUT2D eigenvalue weighted by Gasteiger charge is 1.87. The van der Waals surface area contributed by atoms with E-state index in [1.807, 2.05) is 30.3 Å². The van der Waals surface area contributed by atoms with Gasteiger partial charge in [0.25, 0.3) is 0 Å². The molecule has 14 heavy (non-hydrogen) atoms. The van der Waals surface area contributed by atoms with Crippen LogP contribution >= 0.6 is 0 Å². The average molecular weight is 184 g/mol. The Hall–Kier alpha value is -2.10. The normalized spacial score (nSPS) is 10.6. The van der Waals surface area contributed by atoms with Crippen LogP contribution in [-0.2, 0) is 0 Å². The molecule has 2 rings (SSSR count). The third kappa shape index (κ3) is 2.20. The number of rotatable bonds is 2. The second kappa shape index (κ2) is 4.23. The molecule has 0 aliphatic carbocycles. The van der Waals surface area contributed by atoms with Gasteiger partial charge >= 0.3 is 0 Å². The number of aromatic nitrogens is 2. The summed E-state index contributed by atoms with van der Waals surface area (Å²) in [4.78, 5) is 0. The van der Waals surface area contributed by atoms with E-state index in [0.29, 0.717) is 5.69 Å². The van der Waals surface area contributed by atoms with E-state index in [2.05, 4.69) is 20.4 Å². The van der Waals surface area contributed by atoms with Gasteiger partial charge in [-0.25, -0.2) is 0 Å². The van der Waals surface area contributed by atoms with Crippen LogP contribution in [0.1, 0.15) is 0 Å². The zero-order chi connectivity index (χ0) is 9.64. The van der Waals surface area contributed by atoms with Crippen LogP contribution in [0.25, 0.3) is 0 Å². The Morgan fingerprint density at radius 3 is 2.29 bits per heavy atom. The lowest BCUT2D eigenvalue weighted by molar-refractivity contribution is 1.02. The van der Waals surface area contributed by atoms with Gasteiger partial charge in [0.05, 0.1) is 18.1 Å². The Labute approximate surface area is 81.3 Å². The molecule has 0 aliphatic rings. The molecular formula is C10H8N4. The van der Waals surface area contributed by atoms with Crippen LogP contribution in [0.3, 0.4) is 0 Å². The summed E-state index contributed by atoms with van der Waals surface area (Å²) < 4.78 is 0. The second-order valence-electron chi connectivity index (χ2n) is 2.64. The molecule has 4 heteroatoms. The lowest BCUT2D eigenvalue weighted by Gasteiger charge is -1.90. The molecule has 68 valence electrons. The van der Waals surface area contributed by atoms with Gasteiger partial charge in [-0.05, 0) is 18.2 Å². The predicted molar refractivity (Wildman–Crippen MR) is 52.7 cm³/mol. The Kier molecular flexibility index (Phi) is 2.56. The van der Waals surface area contributed by atoms with Crippen molar-refractivity contribution in [2.75, 3.05) is 0 Å². The average Bonchev–Trinajstić information content (AvgIpc) is 2.29. The number of nitrogens with zero attached hydrogens (tertiary/aromatic N) is 4. The lowest BCUT2D eigenvalue weighted by Crippen LogP contribution is -1.73. The van der Waals surface area contributed by atoms with Crippen molar-refractivity contribution in [2.24, 2.45) is 10.2 Å². The summed E-state index contributed by atoms with van der Waals surface area (Å²) in [5.41, 5.74) is 1.52. The smallest absolute Gasteiger partial charge is 0.107 e. The van der Waals surface area contributed by atoms with Crippen LogP contribution in [-0.4, -0.2) is 10.2 Å². The number of azo groups is 1. The maximum absolute atomic E-state index is 4.03. The number of hydrogen-bond donors (Lipinski definition) is 0. The molecule has 0 aliphatic heterocycles. The first kappa shape index (κ1) is 8.50. The first-order chi connectivity index (χ1) is 6.95. The highest BCUT2D eigenvalue weighted by molar-refractivity contribution is 5.37. The van der Waals surface area contributed by atoms with Gasteiger partial charge in [0.15, 0.2) is 0 Å². The van der Waals surface area contributed by atoms with Crippen LogP contribution in [0, 0.1) is 0 Å². The molecule has 0 unspecified atom stereocenters. The van der Waals surface area contributed by atoms with Crippen molar-refractivity contribution in [2.45, 2.75) is 0 Å². The van der Waals surface area contributed by atoms with Gasteiger partial charge in [0.2, 0.25) is 0 Å². The van der Waals surface area contributed by atoms with E-state index in [0.717, 1.165) is 5.69 Å². The Balaban J connectivity index is 2.16. The van der Waals surface area contributed by atoms with E-state index >= 15 is 0 Å². The molecule has 1 aromatic carbocycles. The summed E-state index contributed by atoms with van der Waals surface area (Å²) in [6, 6.07) is 11.3. The number of hydrogen-bond acceptors (Lipinski definition) is 4. The highest BCUT2D eigenvalue weighted by Crippen LogP contribution is 2.15.